The fraction of sp³-hybridized carbons (Fsp3) is 0.824. The van der Waals surface area contributed by atoms with Crippen LogP contribution in [0.25, 0.3) is 0 Å². The van der Waals surface area contributed by atoms with Crippen molar-refractivity contribution >= 4 is 0 Å². The number of hydrogen-bond acceptors (Lipinski definition) is 3. The van der Waals surface area contributed by atoms with Crippen LogP contribution in [-0.4, -0.2) is 35.1 Å². The third-order valence-electron chi connectivity index (χ3n) is 4.73. The molecule has 122 valence electrons. The van der Waals surface area contributed by atoms with Gasteiger partial charge in [-0.2, -0.15) is 5.10 Å². The normalized spacial score (nSPS) is 15.1. The van der Waals surface area contributed by atoms with Gasteiger partial charge < -0.3 is 10.1 Å². The maximum atomic E-state index is 6.13. The van der Waals surface area contributed by atoms with E-state index in [1.807, 2.05) is 7.05 Å². The predicted octanol–water partition coefficient (Wildman–Crippen LogP) is 3.58. The minimum atomic E-state index is -0.107. The van der Waals surface area contributed by atoms with Crippen molar-refractivity contribution in [1.82, 2.24) is 15.1 Å². The summed E-state index contributed by atoms with van der Waals surface area (Å²) < 4.78 is 8.20. The first-order valence-electron chi connectivity index (χ1n) is 8.42. The third kappa shape index (κ3) is 4.30. The maximum Gasteiger partial charge on any atom is 0.0833 e. The first-order chi connectivity index (χ1) is 10.1. The zero-order valence-electron chi connectivity index (χ0n) is 14.6. The lowest BCUT2D eigenvalue weighted by Gasteiger charge is -2.39. The van der Waals surface area contributed by atoms with Gasteiger partial charge in [0.15, 0.2) is 0 Å². The highest BCUT2D eigenvalue weighted by Gasteiger charge is 2.36. The molecule has 21 heavy (non-hydrogen) atoms. The molecular formula is C17H33N3O. The summed E-state index contributed by atoms with van der Waals surface area (Å²) in [5, 5.41) is 8.19. The Hall–Kier alpha value is -0.870. The molecule has 0 aliphatic carbocycles. The highest BCUT2D eigenvalue weighted by Crippen LogP contribution is 2.27. The SMILES string of the molecule is CCOC(CC)(CC)C(Cc1ccn(C(C)CC)n1)NC. The van der Waals surface area contributed by atoms with E-state index in [2.05, 4.69) is 56.9 Å². The van der Waals surface area contributed by atoms with E-state index in [1.165, 1.54) is 0 Å². The van der Waals surface area contributed by atoms with Crippen LogP contribution in [0, 0.1) is 0 Å². The van der Waals surface area contributed by atoms with Crippen LogP contribution in [0.5, 0.6) is 0 Å². The number of nitrogens with zero attached hydrogens (tertiary/aromatic N) is 2. The van der Waals surface area contributed by atoms with Crippen molar-refractivity contribution in [3.8, 4) is 0 Å². The Morgan fingerprint density at radius 2 is 1.95 bits per heavy atom. The van der Waals surface area contributed by atoms with Gasteiger partial charge in [-0.25, -0.2) is 0 Å². The Kier molecular flexibility index (Phi) is 7.40. The smallest absolute Gasteiger partial charge is 0.0833 e. The summed E-state index contributed by atoms with van der Waals surface area (Å²) in [5.41, 5.74) is 1.03. The highest BCUT2D eigenvalue weighted by molar-refractivity contribution is 5.06. The fourth-order valence-electron chi connectivity index (χ4n) is 3.01. The Labute approximate surface area is 130 Å². The van der Waals surface area contributed by atoms with Gasteiger partial charge in [-0.05, 0) is 46.2 Å². The van der Waals surface area contributed by atoms with Crippen molar-refractivity contribution in [2.45, 2.75) is 78.0 Å². The van der Waals surface area contributed by atoms with Crippen LogP contribution >= 0.6 is 0 Å². The molecule has 0 aliphatic heterocycles. The number of hydrogen-bond donors (Lipinski definition) is 1. The standard InChI is InChI=1S/C17H33N3O/c1-7-14(5)20-12-11-15(19-20)13-16(18-6)17(8-2,9-3)21-10-4/h11-12,14,16,18H,7-10,13H2,1-6H3. The highest BCUT2D eigenvalue weighted by atomic mass is 16.5. The number of rotatable bonds is 10. The lowest BCUT2D eigenvalue weighted by atomic mass is 9.85. The van der Waals surface area contributed by atoms with Gasteiger partial charge >= 0.3 is 0 Å². The Morgan fingerprint density at radius 3 is 2.43 bits per heavy atom. The molecule has 1 aromatic rings. The van der Waals surface area contributed by atoms with Crippen molar-refractivity contribution in [1.29, 1.82) is 0 Å². The molecule has 4 nitrogen and oxygen atoms in total. The summed E-state index contributed by atoms with van der Waals surface area (Å²) in [5.74, 6) is 0. The van der Waals surface area contributed by atoms with Gasteiger partial charge in [-0.1, -0.05) is 20.8 Å². The van der Waals surface area contributed by atoms with Gasteiger partial charge in [0, 0.05) is 31.3 Å². The van der Waals surface area contributed by atoms with Gasteiger partial charge in [-0.15, -0.1) is 0 Å². The second kappa shape index (κ2) is 8.54. The molecule has 0 bridgehead atoms. The molecule has 0 amide bonds. The molecule has 0 aliphatic rings. The number of ether oxygens (including phenoxy) is 1. The maximum absolute atomic E-state index is 6.13. The molecule has 0 radical (unpaired) electrons. The molecule has 1 aromatic heterocycles. The molecule has 2 unspecified atom stereocenters. The molecule has 0 saturated heterocycles. The third-order valence-corrected chi connectivity index (χ3v) is 4.73. The van der Waals surface area contributed by atoms with Crippen molar-refractivity contribution in [2.24, 2.45) is 0 Å². The molecule has 0 aromatic carbocycles. The van der Waals surface area contributed by atoms with E-state index in [1.54, 1.807) is 0 Å². The summed E-state index contributed by atoms with van der Waals surface area (Å²) in [6.07, 6.45) is 6.12. The van der Waals surface area contributed by atoms with E-state index >= 15 is 0 Å². The van der Waals surface area contributed by atoms with Crippen LogP contribution in [0.1, 0.15) is 65.6 Å². The van der Waals surface area contributed by atoms with Crippen LogP contribution in [-0.2, 0) is 11.2 Å². The van der Waals surface area contributed by atoms with E-state index < -0.39 is 0 Å². The molecule has 1 rings (SSSR count). The zero-order valence-corrected chi connectivity index (χ0v) is 14.6. The molecule has 0 spiro atoms. The molecule has 2 atom stereocenters. The van der Waals surface area contributed by atoms with Gasteiger partial charge in [0.2, 0.25) is 0 Å². The van der Waals surface area contributed by atoms with Gasteiger partial charge in [-0.3, -0.25) is 4.68 Å². The number of aromatic nitrogens is 2. The number of nitrogens with one attached hydrogen (secondary N) is 1. The largest absolute Gasteiger partial charge is 0.374 e. The first kappa shape index (κ1) is 18.2. The lowest BCUT2D eigenvalue weighted by molar-refractivity contribution is -0.0705. The average Bonchev–Trinajstić information content (AvgIpc) is 2.98. The monoisotopic (exact) mass is 295 g/mol. The summed E-state index contributed by atoms with van der Waals surface area (Å²) in [4.78, 5) is 0. The molecule has 0 fully saturated rings. The van der Waals surface area contributed by atoms with Crippen molar-refractivity contribution in [3.05, 3.63) is 18.0 Å². The van der Waals surface area contributed by atoms with Gasteiger partial charge in [0.25, 0.3) is 0 Å². The zero-order chi connectivity index (χ0) is 15.9. The average molecular weight is 295 g/mol. The first-order valence-corrected chi connectivity index (χ1v) is 8.42. The quantitative estimate of drug-likeness (QED) is 0.717. The Balaban J connectivity index is 2.87. The Bertz CT molecular complexity index is 398. The fourth-order valence-corrected chi connectivity index (χ4v) is 3.01. The molecular weight excluding hydrogens is 262 g/mol. The lowest BCUT2D eigenvalue weighted by Crippen LogP contribution is -2.52. The summed E-state index contributed by atoms with van der Waals surface area (Å²) in [6, 6.07) is 2.88. The van der Waals surface area contributed by atoms with E-state index in [0.717, 1.165) is 38.0 Å². The summed E-state index contributed by atoms with van der Waals surface area (Å²) >= 11 is 0. The van der Waals surface area contributed by atoms with Crippen molar-refractivity contribution in [3.63, 3.8) is 0 Å². The molecule has 1 heterocycles. The minimum absolute atomic E-state index is 0.107. The van der Waals surface area contributed by atoms with Crippen molar-refractivity contribution in [2.75, 3.05) is 13.7 Å². The predicted molar refractivity (Wildman–Crippen MR) is 88.7 cm³/mol. The van der Waals surface area contributed by atoms with Crippen LogP contribution in [0.2, 0.25) is 0 Å². The second-order valence-corrected chi connectivity index (χ2v) is 5.79. The topological polar surface area (TPSA) is 39.1 Å². The summed E-state index contributed by atoms with van der Waals surface area (Å²) in [7, 11) is 2.02. The molecule has 0 saturated carbocycles. The Morgan fingerprint density at radius 1 is 1.29 bits per heavy atom. The summed E-state index contributed by atoms with van der Waals surface area (Å²) in [6.45, 7) is 11.6. The van der Waals surface area contributed by atoms with E-state index in [0.29, 0.717) is 6.04 Å². The van der Waals surface area contributed by atoms with E-state index in [9.17, 15) is 0 Å². The van der Waals surface area contributed by atoms with Gasteiger partial charge in [0.05, 0.1) is 11.3 Å². The van der Waals surface area contributed by atoms with Crippen LogP contribution in [0.4, 0.5) is 0 Å². The second-order valence-electron chi connectivity index (χ2n) is 5.79. The van der Waals surface area contributed by atoms with Crippen molar-refractivity contribution < 1.29 is 4.74 Å². The van der Waals surface area contributed by atoms with E-state index in [4.69, 9.17) is 9.84 Å². The van der Waals surface area contributed by atoms with E-state index in [-0.39, 0.29) is 11.6 Å². The van der Waals surface area contributed by atoms with Gasteiger partial charge in [0.1, 0.15) is 0 Å². The minimum Gasteiger partial charge on any atom is -0.374 e. The van der Waals surface area contributed by atoms with Crippen LogP contribution < -0.4 is 5.32 Å². The molecule has 4 heteroatoms. The number of likely N-dealkylation sites (N-methyl/N-ethyl adjacent to an activating group) is 1. The van der Waals surface area contributed by atoms with Crippen LogP contribution in [0.15, 0.2) is 12.3 Å². The molecule has 1 N–H and O–H groups in total. The van der Waals surface area contributed by atoms with Crippen LogP contribution in [0.3, 0.4) is 0 Å².